The second-order valence-electron chi connectivity index (χ2n) is 5.89. The normalized spacial score (nSPS) is 11.4. The second kappa shape index (κ2) is 9.80. The highest BCUT2D eigenvalue weighted by Gasteiger charge is 2.21. The maximum absolute atomic E-state index is 14.0. The van der Waals surface area contributed by atoms with Crippen LogP contribution in [0.3, 0.4) is 0 Å². The summed E-state index contributed by atoms with van der Waals surface area (Å²) in [5, 5.41) is 0. The van der Waals surface area contributed by atoms with Gasteiger partial charge in [-0.3, -0.25) is 0 Å². The van der Waals surface area contributed by atoms with Crippen molar-refractivity contribution in [3.05, 3.63) is 71.1 Å². The van der Waals surface area contributed by atoms with E-state index in [-0.39, 0.29) is 23.9 Å². The first-order chi connectivity index (χ1) is 12.9. The number of esters is 1. The summed E-state index contributed by atoms with van der Waals surface area (Å²) in [5.74, 6) is -3.76. The minimum atomic E-state index is -1.31. The van der Waals surface area contributed by atoms with Crippen LogP contribution in [-0.4, -0.2) is 12.6 Å². The van der Waals surface area contributed by atoms with Crippen LogP contribution >= 0.6 is 0 Å². The topological polar surface area (TPSA) is 35.5 Å². The fourth-order valence-corrected chi connectivity index (χ4v) is 2.45. The molecule has 0 amide bonds. The van der Waals surface area contributed by atoms with Gasteiger partial charge in [-0.1, -0.05) is 18.2 Å². The van der Waals surface area contributed by atoms with E-state index >= 15 is 0 Å². The van der Waals surface area contributed by atoms with Gasteiger partial charge in [-0.05, 0) is 62.9 Å². The average Bonchev–Trinajstić information content (AvgIpc) is 2.64. The van der Waals surface area contributed by atoms with Crippen molar-refractivity contribution in [1.29, 1.82) is 0 Å². The van der Waals surface area contributed by atoms with E-state index in [1.54, 1.807) is 31.2 Å². The molecule has 0 spiro atoms. The Labute approximate surface area is 156 Å². The number of aryl methyl sites for hydroxylation is 1. The van der Waals surface area contributed by atoms with E-state index in [4.69, 9.17) is 9.47 Å². The largest absolute Gasteiger partial charge is 0.491 e. The Bertz CT molecular complexity index is 810. The molecule has 0 aromatic heterocycles. The molecule has 0 fully saturated rings. The summed E-state index contributed by atoms with van der Waals surface area (Å²) in [4.78, 5) is 12.1. The summed E-state index contributed by atoms with van der Waals surface area (Å²) in [7, 11) is 0. The van der Waals surface area contributed by atoms with E-state index in [0.29, 0.717) is 6.42 Å². The van der Waals surface area contributed by atoms with Crippen molar-refractivity contribution in [2.24, 2.45) is 0 Å². The van der Waals surface area contributed by atoms with Gasteiger partial charge in [0.2, 0.25) is 5.82 Å². The summed E-state index contributed by atoms with van der Waals surface area (Å²) in [6, 6.07) is 9.00. The van der Waals surface area contributed by atoms with E-state index in [1.807, 2.05) is 0 Å². The van der Waals surface area contributed by atoms with Crippen LogP contribution in [0.4, 0.5) is 13.2 Å². The van der Waals surface area contributed by atoms with Gasteiger partial charge >= 0.3 is 5.97 Å². The summed E-state index contributed by atoms with van der Waals surface area (Å²) in [6.45, 7) is 3.22. The quantitative estimate of drug-likeness (QED) is 0.332. The molecule has 0 unspecified atom stereocenters. The van der Waals surface area contributed by atoms with Crippen LogP contribution < -0.4 is 9.47 Å². The highest BCUT2D eigenvalue weighted by Crippen LogP contribution is 2.24. The molecule has 0 bridgehead atoms. The van der Waals surface area contributed by atoms with Crippen molar-refractivity contribution >= 4 is 5.97 Å². The number of unbranched alkanes of at least 4 members (excludes halogenated alkanes) is 1. The van der Waals surface area contributed by atoms with Crippen molar-refractivity contribution < 1.29 is 27.4 Å². The number of carbonyl (C=O) groups excluding carboxylic acids is 1. The van der Waals surface area contributed by atoms with Gasteiger partial charge in [-0.15, -0.1) is 0 Å². The molecule has 0 radical (unpaired) electrons. The number of ether oxygens (including phenoxy) is 2. The molecule has 2 aromatic rings. The molecular formula is C21H21F3O3. The Morgan fingerprint density at radius 1 is 1.07 bits per heavy atom. The number of hydrogen-bond acceptors (Lipinski definition) is 3. The minimum Gasteiger partial charge on any atom is -0.491 e. The summed E-state index contributed by atoms with van der Waals surface area (Å²) >= 11 is 0. The zero-order chi connectivity index (χ0) is 19.8. The van der Waals surface area contributed by atoms with Gasteiger partial charge in [0.1, 0.15) is 5.75 Å². The first-order valence-electron chi connectivity index (χ1n) is 8.66. The Balaban J connectivity index is 2.00. The fraction of sp³-hybridized carbons (Fsp3) is 0.286. The van der Waals surface area contributed by atoms with Crippen molar-refractivity contribution in [1.82, 2.24) is 0 Å². The molecule has 144 valence electrons. The predicted octanol–water partition coefficient (Wildman–Crippen LogP) is 5.78. The Morgan fingerprint density at radius 2 is 1.78 bits per heavy atom. The molecule has 2 aromatic carbocycles. The van der Waals surface area contributed by atoms with Gasteiger partial charge in [0.05, 0.1) is 18.0 Å². The Morgan fingerprint density at radius 3 is 2.41 bits per heavy atom. The monoisotopic (exact) mass is 378 g/mol. The van der Waals surface area contributed by atoms with E-state index in [1.165, 1.54) is 19.1 Å². The van der Waals surface area contributed by atoms with Gasteiger partial charge in [0.15, 0.2) is 11.6 Å². The maximum Gasteiger partial charge on any atom is 0.346 e. The molecule has 2 rings (SSSR count). The van der Waals surface area contributed by atoms with E-state index < -0.39 is 23.2 Å². The number of rotatable bonds is 8. The lowest BCUT2D eigenvalue weighted by Crippen LogP contribution is -2.12. The number of hydrogen-bond donors (Lipinski definition) is 0. The van der Waals surface area contributed by atoms with Crippen LogP contribution in [0.5, 0.6) is 11.5 Å². The molecular weight excluding hydrogens is 357 g/mol. The molecule has 0 saturated heterocycles. The standard InChI is InChI=1S/C21H21F3O3/c1-3-26-18-13-12-17(19(23)20(18)24)21(25)27-16-10-8-15(9-11-16)7-5-4-6-14(2)22/h6,8-13H,3-5,7H2,1-2H3/b14-6-. The highest BCUT2D eigenvalue weighted by molar-refractivity contribution is 5.91. The van der Waals surface area contributed by atoms with Crippen LogP contribution in [0, 0.1) is 11.6 Å². The van der Waals surface area contributed by atoms with Crippen LogP contribution in [-0.2, 0) is 6.42 Å². The van der Waals surface area contributed by atoms with Crippen molar-refractivity contribution in [3.8, 4) is 11.5 Å². The number of carbonyl (C=O) groups is 1. The fourth-order valence-electron chi connectivity index (χ4n) is 2.45. The van der Waals surface area contributed by atoms with Crippen LogP contribution in [0.25, 0.3) is 0 Å². The lowest BCUT2D eigenvalue weighted by Gasteiger charge is -2.09. The number of halogens is 3. The number of benzene rings is 2. The van der Waals surface area contributed by atoms with E-state index in [2.05, 4.69) is 0 Å². The van der Waals surface area contributed by atoms with Crippen LogP contribution in [0.1, 0.15) is 42.6 Å². The number of allylic oxidation sites excluding steroid dienone is 2. The zero-order valence-corrected chi connectivity index (χ0v) is 15.2. The maximum atomic E-state index is 14.0. The lowest BCUT2D eigenvalue weighted by molar-refractivity contribution is 0.0728. The highest BCUT2D eigenvalue weighted by atomic mass is 19.2. The molecule has 0 aliphatic carbocycles. The summed E-state index contributed by atoms with van der Waals surface area (Å²) < 4.78 is 50.6. The predicted molar refractivity (Wildman–Crippen MR) is 96.7 cm³/mol. The van der Waals surface area contributed by atoms with Gasteiger partial charge < -0.3 is 9.47 Å². The van der Waals surface area contributed by atoms with Gasteiger partial charge in [-0.2, -0.15) is 4.39 Å². The van der Waals surface area contributed by atoms with E-state index in [0.717, 1.165) is 24.5 Å². The third kappa shape index (κ3) is 5.88. The smallest absolute Gasteiger partial charge is 0.346 e. The van der Waals surface area contributed by atoms with Gasteiger partial charge in [-0.25, -0.2) is 13.6 Å². The summed E-state index contributed by atoms with van der Waals surface area (Å²) in [6.07, 6.45) is 3.70. The lowest BCUT2D eigenvalue weighted by atomic mass is 10.1. The Hall–Kier alpha value is -2.76. The molecule has 0 N–H and O–H groups in total. The van der Waals surface area contributed by atoms with E-state index in [9.17, 15) is 18.0 Å². The second-order valence-corrected chi connectivity index (χ2v) is 5.89. The SMILES string of the molecule is CCOc1ccc(C(=O)Oc2ccc(CCC/C=C(/C)F)cc2)c(F)c1F. The van der Waals surface area contributed by atoms with Crippen LogP contribution in [0.2, 0.25) is 0 Å². The first-order valence-corrected chi connectivity index (χ1v) is 8.66. The molecule has 0 aliphatic heterocycles. The molecule has 0 heterocycles. The zero-order valence-electron chi connectivity index (χ0n) is 15.2. The van der Waals surface area contributed by atoms with Crippen molar-refractivity contribution in [2.45, 2.75) is 33.1 Å². The minimum absolute atomic E-state index is 0.177. The van der Waals surface area contributed by atoms with Crippen molar-refractivity contribution in [3.63, 3.8) is 0 Å². The molecule has 0 saturated carbocycles. The third-order valence-corrected chi connectivity index (χ3v) is 3.80. The molecule has 3 nitrogen and oxygen atoms in total. The Kier molecular flexibility index (Phi) is 7.46. The van der Waals surface area contributed by atoms with Gasteiger partial charge in [0, 0.05) is 0 Å². The molecule has 27 heavy (non-hydrogen) atoms. The first kappa shape index (κ1) is 20.6. The van der Waals surface area contributed by atoms with Gasteiger partial charge in [0.25, 0.3) is 0 Å². The summed E-state index contributed by atoms with van der Waals surface area (Å²) in [5.41, 5.74) is 0.492. The average molecular weight is 378 g/mol. The third-order valence-electron chi connectivity index (χ3n) is 3.80. The molecule has 0 atom stereocenters. The molecule has 6 heteroatoms. The van der Waals surface area contributed by atoms with Crippen LogP contribution in [0.15, 0.2) is 48.3 Å². The molecule has 0 aliphatic rings. The van der Waals surface area contributed by atoms with Crippen molar-refractivity contribution in [2.75, 3.05) is 6.61 Å².